The highest BCUT2D eigenvalue weighted by Crippen LogP contribution is 2.32. The van der Waals surface area contributed by atoms with Gasteiger partial charge in [-0.1, -0.05) is 17.7 Å². The van der Waals surface area contributed by atoms with Crippen LogP contribution in [0.3, 0.4) is 0 Å². The second-order valence-corrected chi connectivity index (χ2v) is 8.20. The fraction of sp³-hybridized carbons (Fsp3) is 0.231. The van der Waals surface area contributed by atoms with E-state index in [1.807, 2.05) is 18.2 Å². The van der Waals surface area contributed by atoms with Crippen LogP contribution in [-0.2, 0) is 9.84 Å². The Hall–Kier alpha value is -1.08. The zero-order valence-electron chi connectivity index (χ0n) is 10.3. The van der Waals surface area contributed by atoms with Crippen LogP contribution in [0.25, 0.3) is 0 Å². The Kier molecular flexibility index (Phi) is 3.72. The minimum Gasteiger partial charge on any atom is -0.467 e. The average Bonchev–Trinajstić information content (AvgIpc) is 3.08. The molecule has 2 aromatic rings. The number of nitrogens with one attached hydrogen (secondary N) is 1. The van der Waals surface area contributed by atoms with E-state index in [0.29, 0.717) is 4.34 Å². The molecule has 0 aliphatic carbocycles. The standard InChI is InChI=1S/C13H12ClNO3S2/c14-12-4-3-11(19-12)13(10-2-1-6-18-10)15-9-5-7-20(16,17)8-9/h1-7,9,13,15H,8H2. The second-order valence-electron chi connectivity index (χ2n) is 4.52. The minimum atomic E-state index is -3.08. The zero-order chi connectivity index (χ0) is 14.2. The van der Waals surface area contributed by atoms with Crippen molar-refractivity contribution in [2.75, 3.05) is 5.75 Å². The molecule has 3 rings (SSSR count). The third-order valence-electron chi connectivity index (χ3n) is 3.02. The summed E-state index contributed by atoms with van der Waals surface area (Å²) in [5, 5.41) is 4.55. The van der Waals surface area contributed by atoms with Crippen LogP contribution in [0.4, 0.5) is 0 Å². The summed E-state index contributed by atoms with van der Waals surface area (Å²) in [4.78, 5) is 0.989. The summed E-state index contributed by atoms with van der Waals surface area (Å²) in [5.74, 6) is 0.810. The van der Waals surface area contributed by atoms with Crippen LogP contribution >= 0.6 is 22.9 Å². The maximum atomic E-state index is 11.5. The highest BCUT2D eigenvalue weighted by molar-refractivity contribution is 7.94. The van der Waals surface area contributed by atoms with Crippen molar-refractivity contribution in [2.45, 2.75) is 12.1 Å². The van der Waals surface area contributed by atoms with E-state index in [1.54, 1.807) is 18.4 Å². The molecule has 7 heteroatoms. The first-order valence-corrected chi connectivity index (χ1v) is 8.90. The van der Waals surface area contributed by atoms with Crippen molar-refractivity contribution >= 4 is 32.8 Å². The number of hydrogen-bond acceptors (Lipinski definition) is 5. The molecule has 0 saturated carbocycles. The summed E-state index contributed by atoms with van der Waals surface area (Å²) in [6.45, 7) is 0. The topological polar surface area (TPSA) is 59.3 Å². The molecule has 0 spiro atoms. The van der Waals surface area contributed by atoms with E-state index in [0.717, 1.165) is 10.6 Å². The van der Waals surface area contributed by atoms with Gasteiger partial charge in [0.25, 0.3) is 0 Å². The van der Waals surface area contributed by atoms with Gasteiger partial charge in [-0.15, -0.1) is 11.3 Å². The van der Waals surface area contributed by atoms with Crippen LogP contribution in [0.5, 0.6) is 0 Å². The normalized spacial score (nSPS) is 22.1. The first-order valence-electron chi connectivity index (χ1n) is 5.99. The Morgan fingerprint density at radius 2 is 2.25 bits per heavy atom. The first kappa shape index (κ1) is 13.9. The average molecular weight is 330 g/mol. The maximum absolute atomic E-state index is 11.5. The number of sulfone groups is 1. The van der Waals surface area contributed by atoms with E-state index >= 15 is 0 Å². The molecule has 20 heavy (non-hydrogen) atoms. The van der Waals surface area contributed by atoms with Crippen molar-refractivity contribution in [1.82, 2.24) is 5.32 Å². The summed E-state index contributed by atoms with van der Waals surface area (Å²) in [5.41, 5.74) is 0. The summed E-state index contributed by atoms with van der Waals surface area (Å²) in [6.07, 6.45) is 3.26. The van der Waals surface area contributed by atoms with E-state index in [9.17, 15) is 8.42 Å². The van der Waals surface area contributed by atoms with Crippen molar-refractivity contribution < 1.29 is 12.8 Å². The van der Waals surface area contributed by atoms with Gasteiger partial charge in [0.15, 0.2) is 9.84 Å². The number of thiophene rings is 1. The zero-order valence-corrected chi connectivity index (χ0v) is 12.7. The summed E-state index contributed by atoms with van der Waals surface area (Å²) in [6, 6.07) is 6.97. The Balaban J connectivity index is 1.86. The van der Waals surface area contributed by atoms with Crippen LogP contribution in [0, 0.1) is 0 Å². The molecule has 0 fully saturated rings. The smallest absolute Gasteiger partial charge is 0.173 e. The van der Waals surface area contributed by atoms with Gasteiger partial charge in [0.2, 0.25) is 0 Å². The molecule has 106 valence electrons. The molecule has 1 aliphatic rings. The van der Waals surface area contributed by atoms with Gasteiger partial charge in [0.05, 0.1) is 16.4 Å². The van der Waals surface area contributed by atoms with Crippen LogP contribution in [-0.4, -0.2) is 20.2 Å². The lowest BCUT2D eigenvalue weighted by Crippen LogP contribution is -2.33. The largest absolute Gasteiger partial charge is 0.467 e. The number of halogens is 1. The lowest BCUT2D eigenvalue weighted by Gasteiger charge is -2.18. The van der Waals surface area contributed by atoms with Gasteiger partial charge in [-0.05, 0) is 24.3 Å². The van der Waals surface area contributed by atoms with Crippen molar-refractivity contribution in [2.24, 2.45) is 0 Å². The van der Waals surface area contributed by atoms with Crippen LogP contribution < -0.4 is 5.32 Å². The fourth-order valence-corrected chi connectivity index (χ4v) is 4.51. The molecule has 0 radical (unpaired) electrons. The maximum Gasteiger partial charge on any atom is 0.173 e. The summed E-state index contributed by atoms with van der Waals surface area (Å²) >= 11 is 7.42. The van der Waals surface area contributed by atoms with Gasteiger partial charge in [-0.25, -0.2) is 8.42 Å². The Labute approximate surface area is 126 Å². The van der Waals surface area contributed by atoms with Gasteiger partial charge in [-0.2, -0.15) is 0 Å². The molecule has 1 N–H and O–H groups in total. The van der Waals surface area contributed by atoms with Crippen LogP contribution in [0.2, 0.25) is 4.34 Å². The Morgan fingerprint density at radius 3 is 2.80 bits per heavy atom. The SMILES string of the molecule is O=S1(=O)C=CC(NC(c2ccco2)c2ccc(Cl)s2)C1. The van der Waals surface area contributed by atoms with E-state index in [2.05, 4.69) is 5.32 Å². The third-order valence-corrected chi connectivity index (χ3v) is 5.71. The molecule has 0 bridgehead atoms. The van der Waals surface area contributed by atoms with Crippen molar-refractivity contribution in [3.63, 3.8) is 0 Å². The van der Waals surface area contributed by atoms with Gasteiger partial charge in [0, 0.05) is 16.3 Å². The van der Waals surface area contributed by atoms with Gasteiger partial charge in [0.1, 0.15) is 11.8 Å². The lowest BCUT2D eigenvalue weighted by atomic mass is 10.1. The molecule has 2 atom stereocenters. The van der Waals surface area contributed by atoms with E-state index in [4.69, 9.17) is 16.0 Å². The molecule has 0 amide bonds. The van der Waals surface area contributed by atoms with Crippen molar-refractivity contribution in [1.29, 1.82) is 0 Å². The number of hydrogen-bond donors (Lipinski definition) is 1. The molecule has 1 aliphatic heterocycles. The molecule has 2 aromatic heterocycles. The molecular weight excluding hydrogens is 318 g/mol. The summed E-state index contributed by atoms with van der Waals surface area (Å²) in [7, 11) is -3.08. The lowest BCUT2D eigenvalue weighted by molar-refractivity contribution is 0.439. The van der Waals surface area contributed by atoms with Gasteiger partial charge < -0.3 is 4.42 Å². The third kappa shape index (κ3) is 2.98. The predicted molar refractivity (Wildman–Crippen MR) is 79.7 cm³/mol. The van der Waals surface area contributed by atoms with Crippen molar-refractivity contribution in [3.8, 4) is 0 Å². The van der Waals surface area contributed by atoms with Gasteiger partial charge >= 0.3 is 0 Å². The van der Waals surface area contributed by atoms with E-state index in [1.165, 1.54) is 16.7 Å². The second kappa shape index (κ2) is 5.37. The highest BCUT2D eigenvalue weighted by atomic mass is 35.5. The molecular formula is C13H12ClNO3S2. The number of rotatable bonds is 4. The predicted octanol–water partition coefficient (Wildman–Crippen LogP) is 2.98. The van der Waals surface area contributed by atoms with E-state index in [-0.39, 0.29) is 17.8 Å². The highest BCUT2D eigenvalue weighted by Gasteiger charge is 2.27. The number of furan rings is 1. The molecule has 0 aromatic carbocycles. The van der Waals surface area contributed by atoms with E-state index < -0.39 is 9.84 Å². The van der Waals surface area contributed by atoms with Gasteiger partial charge in [-0.3, -0.25) is 5.32 Å². The Morgan fingerprint density at radius 1 is 1.40 bits per heavy atom. The molecule has 4 nitrogen and oxygen atoms in total. The molecule has 3 heterocycles. The monoisotopic (exact) mass is 329 g/mol. The minimum absolute atomic E-state index is 0.0727. The molecule has 0 saturated heterocycles. The first-order chi connectivity index (χ1) is 9.53. The van der Waals surface area contributed by atoms with Crippen molar-refractivity contribution in [3.05, 3.63) is 57.0 Å². The van der Waals surface area contributed by atoms with Crippen LogP contribution in [0.1, 0.15) is 16.7 Å². The molecule has 2 unspecified atom stereocenters. The Bertz CT molecular complexity index is 719. The quantitative estimate of drug-likeness (QED) is 0.936. The fourth-order valence-electron chi connectivity index (χ4n) is 2.14. The van der Waals surface area contributed by atoms with Crippen LogP contribution in [0.15, 0.2) is 46.4 Å². The summed E-state index contributed by atoms with van der Waals surface area (Å²) < 4.78 is 29.1.